The van der Waals surface area contributed by atoms with Crippen LogP contribution in [0.15, 0.2) is 64.6 Å². The van der Waals surface area contributed by atoms with Gasteiger partial charge in [-0.2, -0.15) is 0 Å². The predicted octanol–water partition coefficient (Wildman–Crippen LogP) is 5.95. The van der Waals surface area contributed by atoms with Gasteiger partial charge in [0.25, 0.3) is 0 Å². The van der Waals surface area contributed by atoms with E-state index in [0.29, 0.717) is 30.8 Å². The molecule has 5 heteroatoms. The zero-order valence-electron chi connectivity index (χ0n) is 16.9. The van der Waals surface area contributed by atoms with Crippen LogP contribution in [0.3, 0.4) is 0 Å². The second-order valence-electron chi connectivity index (χ2n) is 8.20. The molecule has 0 saturated heterocycles. The van der Waals surface area contributed by atoms with Gasteiger partial charge in [-0.25, -0.2) is 18.2 Å². The molecule has 156 valence electrons. The van der Waals surface area contributed by atoms with Gasteiger partial charge in [0, 0.05) is 17.3 Å². The van der Waals surface area contributed by atoms with E-state index in [2.05, 4.69) is 9.98 Å². The third-order valence-electron chi connectivity index (χ3n) is 6.12. The number of hydrogen-bond acceptors (Lipinski definition) is 2. The van der Waals surface area contributed by atoms with Gasteiger partial charge in [-0.3, -0.25) is 4.99 Å². The molecule has 1 atom stereocenters. The van der Waals surface area contributed by atoms with Crippen LogP contribution in [-0.2, 0) is 19.3 Å². The zero-order valence-corrected chi connectivity index (χ0v) is 16.9. The molecule has 2 aliphatic rings. The molecule has 5 rings (SSSR count). The van der Waals surface area contributed by atoms with Crippen LogP contribution in [0.5, 0.6) is 0 Å². The number of amidine groups is 1. The van der Waals surface area contributed by atoms with E-state index in [0.717, 1.165) is 35.1 Å². The van der Waals surface area contributed by atoms with E-state index in [1.54, 1.807) is 12.3 Å². The Hall–Kier alpha value is -3.21. The van der Waals surface area contributed by atoms with Crippen molar-refractivity contribution in [2.24, 2.45) is 15.9 Å². The number of hydrogen-bond donors (Lipinski definition) is 0. The fraction of sp³-hybridized carbons (Fsp3) is 0.231. The lowest BCUT2D eigenvalue weighted by atomic mass is 9.94. The first-order chi connectivity index (χ1) is 15.1. The summed E-state index contributed by atoms with van der Waals surface area (Å²) >= 11 is 0. The molecule has 0 aromatic heterocycles. The zero-order chi connectivity index (χ0) is 21.4. The summed E-state index contributed by atoms with van der Waals surface area (Å²) in [5.41, 5.74) is 4.31. The summed E-state index contributed by atoms with van der Waals surface area (Å²) in [5, 5.41) is 0. The second kappa shape index (κ2) is 8.14. The highest BCUT2D eigenvalue weighted by Crippen LogP contribution is 2.32. The van der Waals surface area contributed by atoms with Crippen LogP contribution in [0.4, 0.5) is 13.2 Å². The van der Waals surface area contributed by atoms with Crippen molar-refractivity contribution in [3.8, 4) is 11.1 Å². The van der Waals surface area contributed by atoms with Crippen LogP contribution in [-0.4, -0.2) is 18.6 Å². The van der Waals surface area contributed by atoms with Crippen LogP contribution < -0.4 is 0 Å². The molecule has 0 fully saturated rings. The van der Waals surface area contributed by atoms with Gasteiger partial charge in [-0.1, -0.05) is 24.3 Å². The van der Waals surface area contributed by atoms with Gasteiger partial charge >= 0.3 is 0 Å². The molecule has 1 heterocycles. The lowest BCUT2D eigenvalue weighted by molar-refractivity contribution is 0.487. The maximum atomic E-state index is 14.9. The number of nitrogens with zero attached hydrogens (tertiary/aromatic N) is 2. The van der Waals surface area contributed by atoms with Gasteiger partial charge in [0.05, 0.1) is 6.54 Å². The molecule has 1 aliphatic carbocycles. The Balaban J connectivity index is 1.32. The summed E-state index contributed by atoms with van der Waals surface area (Å²) < 4.78 is 43.1. The van der Waals surface area contributed by atoms with Crippen molar-refractivity contribution in [3.05, 3.63) is 94.3 Å². The largest absolute Gasteiger partial charge is 0.260 e. The van der Waals surface area contributed by atoms with Crippen LogP contribution in [0, 0.1) is 23.4 Å². The smallest absolute Gasteiger partial charge is 0.154 e. The van der Waals surface area contributed by atoms with E-state index in [1.807, 2.05) is 30.3 Å². The van der Waals surface area contributed by atoms with Crippen molar-refractivity contribution >= 4 is 12.1 Å². The standard InChI is InChI=1S/C26H21F3N2/c27-22-6-5-18-10-16(11-20(18)13-22)4-7-23-24(28)14-21(15-25(23)29)17-2-1-3-19(12-17)26-30-8-9-31-26/h1-3,5-6,8,12-16H,4,7,9-11H2. The quantitative estimate of drug-likeness (QED) is 0.489. The Kier molecular flexibility index (Phi) is 5.18. The van der Waals surface area contributed by atoms with Crippen molar-refractivity contribution in [1.29, 1.82) is 0 Å². The molecule has 1 aliphatic heterocycles. The van der Waals surface area contributed by atoms with E-state index in [9.17, 15) is 13.2 Å². The third-order valence-corrected chi connectivity index (χ3v) is 6.12. The number of rotatable bonds is 5. The maximum Gasteiger partial charge on any atom is 0.154 e. The first kappa shape index (κ1) is 19.7. The summed E-state index contributed by atoms with van der Waals surface area (Å²) in [6.07, 6.45) is 4.31. The topological polar surface area (TPSA) is 24.7 Å². The summed E-state index contributed by atoms with van der Waals surface area (Å²) in [6.45, 7) is 0.554. The van der Waals surface area contributed by atoms with E-state index >= 15 is 0 Å². The number of fused-ring (bicyclic) bond motifs is 1. The Labute approximate surface area is 179 Å². The number of halogens is 3. The molecule has 2 nitrogen and oxygen atoms in total. The van der Waals surface area contributed by atoms with Gasteiger partial charge in [0.1, 0.15) is 17.5 Å². The van der Waals surface area contributed by atoms with Crippen LogP contribution in [0.25, 0.3) is 11.1 Å². The fourth-order valence-electron chi connectivity index (χ4n) is 4.54. The molecule has 0 saturated carbocycles. The number of benzene rings is 3. The summed E-state index contributed by atoms with van der Waals surface area (Å²) in [6, 6.07) is 15.1. The molecule has 3 aromatic rings. The minimum absolute atomic E-state index is 0.117. The molecular formula is C26H21F3N2. The van der Waals surface area contributed by atoms with Gasteiger partial charge in [0.15, 0.2) is 5.84 Å². The molecule has 0 bridgehead atoms. The Morgan fingerprint density at radius 2 is 1.58 bits per heavy atom. The van der Waals surface area contributed by atoms with Crippen molar-refractivity contribution < 1.29 is 13.2 Å². The lowest BCUT2D eigenvalue weighted by Crippen LogP contribution is -2.05. The van der Waals surface area contributed by atoms with Gasteiger partial charge in [-0.05, 0) is 84.2 Å². The van der Waals surface area contributed by atoms with E-state index in [1.165, 1.54) is 18.2 Å². The van der Waals surface area contributed by atoms with Crippen molar-refractivity contribution in [2.75, 3.05) is 6.54 Å². The van der Waals surface area contributed by atoms with Gasteiger partial charge in [-0.15, -0.1) is 0 Å². The highest BCUT2D eigenvalue weighted by atomic mass is 19.1. The van der Waals surface area contributed by atoms with Crippen LogP contribution in [0.1, 0.15) is 28.7 Å². The van der Waals surface area contributed by atoms with Gasteiger partial charge in [0.2, 0.25) is 0 Å². The highest BCUT2D eigenvalue weighted by molar-refractivity contribution is 6.06. The minimum atomic E-state index is -0.529. The average molecular weight is 418 g/mol. The normalized spacial score (nSPS) is 17.1. The lowest BCUT2D eigenvalue weighted by Gasteiger charge is -2.12. The molecule has 3 aromatic carbocycles. The maximum absolute atomic E-state index is 14.9. The first-order valence-corrected chi connectivity index (χ1v) is 10.5. The molecule has 0 amide bonds. The van der Waals surface area contributed by atoms with Crippen molar-refractivity contribution in [2.45, 2.75) is 25.7 Å². The van der Waals surface area contributed by atoms with Crippen LogP contribution >= 0.6 is 0 Å². The second-order valence-corrected chi connectivity index (χ2v) is 8.20. The molecular weight excluding hydrogens is 397 g/mol. The molecule has 0 radical (unpaired) electrons. The van der Waals surface area contributed by atoms with E-state index < -0.39 is 11.6 Å². The van der Waals surface area contributed by atoms with Crippen molar-refractivity contribution in [1.82, 2.24) is 0 Å². The summed E-state index contributed by atoms with van der Waals surface area (Å²) in [7, 11) is 0. The predicted molar refractivity (Wildman–Crippen MR) is 117 cm³/mol. The highest BCUT2D eigenvalue weighted by Gasteiger charge is 2.23. The Bertz CT molecular complexity index is 1190. The van der Waals surface area contributed by atoms with Gasteiger partial charge < -0.3 is 0 Å². The Morgan fingerprint density at radius 1 is 0.806 bits per heavy atom. The summed E-state index contributed by atoms with van der Waals surface area (Å²) in [5.74, 6) is -0.379. The fourth-order valence-corrected chi connectivity index (χ4v) is 4.54. The van der Waals surface area contributed by atoms with E-state index in [-0.39, 0.29) is 17.3 Å². The number of aliphatic imine (C=N–C) groups is 2. The van der Waals surface area contributed by atoms with Crippen LogP contribution in [0.2, 0.25) is 0 Å². The summed E-state index contributed by atoms with van der Waals surface area (Å²) in [4.78, 5) is 8.53. The first-order valence-electron chi connectivity index (χ1n) is 10.5. The minimum Gasteiger partial charge on any atom is -0.260 e. The molecule has 0 spiro atoms. The molecule has 31 heavy (non-hydrogen) atoms. The average Bonchev–Trinajstić information content (AvgIpc) is 3.42. The van der Waals surface area contributed by atoms with Crippen molar-refractivity contribution in [3.63, 3.8) is 0 Å². The van der Waals surface area contributed by atoms with E-state index in [4.69, 9.17) is 0 Å². The SMILES string of the molecule is Fc1ccc2c(c1)CC(CCc1c(F)cc(-c3cccc(C4=NCC=N4)c3)cc1F)C2. The molecule has 1 unspecified atom stereocenters. The molecule has 0 N–H and O–H groups in total. The monoisotopic (exact) mass is 418 g/mol. The third kappa shape index (κ3) is 4.05. The Morgan fingerprint density at radius 3 is 2.35 bits per heavy atom.